The van der Waals surface area contributed by atoms with Gasteiger partial charge in [0.1, 0.15) is 19.0 Å². The molecule has 0 unspecified atom stereocenters. The van der Waals surface area contributed by atoms with E-state index in [1.54, 1.807) is 35.5 Å². The first-order valence-corrected chi connectivity index (χ1v) is 10.1. The maximum absolute atomic E-state index is 9.16. The van der Waals surface area contributed by atoms with Gasteiger partial charge in [0.2, 0.25) is 0 Å². The second-order valence-electron chi connectivity index (χ2n) is 7.05. The summed E-state index contributed by atoms with van der Waals surface area (Å²) in [5, 5.41) is 22.2. The highest BCUT2D eigenvalue weighted by atomic mass is 16.5. The van der Waals surface area contributed by atoms with E-state index in [1.165, 1.54) is 0 Å². The van der Waals surface area contributed by atoms with Gasteiger partial charge in [-0.05, 0) is 18.2 Å². The molecule has 0 saturated carbocycles. The van der Waals surface area contributed by atoms with Gasteiger partial charge in [0.05, 0.1) is 42.1 Å². The number of H-pyrrole nitrogens is 1. The molecule has 3 N–H and O–H groups in total. The van der Waals surface area contributed by atoms with Crippen LogP contribution in [0.2, 0.25) is 0 Å². The molecule has 0 saturated heterocycles. The van der Waals surface area contributed by atoms with Gasteiger partial charge in [-0.2, -0.15) is 0 Å². The molecule has 0 fully saturated rings. The third-order valence-electron chi connectivity index (χ3n) is 5.00. The Labute approximate surface area is 183 Å². The van der Waals surface area contributed by atoms with Crippen LogP contribution in [0.5, 0.6) is 5.88 Å². The molecule has 0 aromatic carbocycles. The number of nitrogens with one attached hydrogen (secondary N) is 2. The van der Waals surface area contributed by atoms with Crippen molar-refractivity contribution >= 4 is 28.4 Å². The number of imidazole rings is 1. The van der Waals surface area contributed by atoms with Crippen LogP contribution in [0.25, 0.3) is 11.3 Å². The highest BCUT2D eigenvalue weighted by molar-refractivity contribution is 6.54. The third kappa shape index (κ3) is 3.67. The second kappa shape index (κ2) is 8.52. The summed E-state index contributed by atoms with van der Waals surface area (Å²) in [5.41, 5.74) is 3.38. The van der Waals surface area contributed by atoms with E-state index in [9.17, 15) is 0 Å². The van der Waals surface area contributed by atoms with Gasteiger partial charge in [-0.15, -0.1) is 5.10 Å². The predicted molar refractivity (Wildman–Crippen MR) is 119 cm³/mol. The number of nitrogens with zero attached hydrogens (tertiary/aromatic N) is 5. The van der Waals surface area contributed by atoms with Crippen LogP contribution < -0.4 is 4.74 Å². The lowest BCUT2D eigenvalue weighted by molar-refractivity contribution is 0.197. The lowest BCUT2D eigenvalue weighted by Crippen LogP contribution is -2.19. The lowest BCUT2D eigenvalue weighted by atomic mass is 9.98. The molecule has 4 heterocycles. The fourth-order valence-corrected chi connectivity index (χ4v) is 3.50. The van der Waals surface area contributed by atoms with E-state index < -0.39 is 0 Å². The van der Waals surface area contributed by atoms with E-state index in [0.717, 1.165) is 11.2 Å². The van der Waals surface area contributed by atoms with Crippen molar-refractivity contribution in [1.82, 2.24) is 24.1 Å². The number of aromatic amines is 1. The highest BCUT2D eigenvalue weighted by Crippen LogP contribution is 2.34. The average molecular weight is 431 g/mol. The second-order valence-corrected chi connectivity index (χ2v) is 7.05. The van der Waals surface area contributed by atoms with Crippen molar-refractivity contribution in [3.63, 3.8) is 0 Å². The first-order valence-electron chi connectivity index (χ1n) is 10.1. The van der Waals surface area contributed by atoms with E-state index in [4.69, 9.17) is 25.0 Å². The van der Waals surface area contributed by atoms with Gasteiger partial charge in [0.15, 0.2) is 5.69 Å². The summed E-state index contributed by atoms with van der Waals surface area (Å²) in [4.78, 5) is 11.9. The van der Waals surface area contributed by atoms with E-state index in [-0.39, 0.29) is 18.9 Å². The fourth-order valence-electron chi connectivity index (χ4n) is 3.50. The molecule has 0 bridgehead atoms. The van der Waals surface area contributed by atoms with Crippen molar-refractivity contribution in [2.45, 2.75) is 6.54 Å². The van der Waals surface area contributed by atoms with Crippen LogP contribution in [0.3, 0.4) is 0 Å². The highest BCUT2D eigenvalue weighted by Gasteiger charge is 2.25. The number of aliphatic imine (C=N–C) groups is 1. The number of hydrogen-bond acceptors (Lipinski definition) is 7. The Morgan fingerprint density at radius 1 is 1.16 bits per heavy atom. The number of ether oxygens (including phenoxy) is 2. The van der Waals surface area contributed by atoms with E-state index in [0.29, 0.717) is 41.8 Å². The number of hydrogen-bond donors (Lipinski definition) is 3. The SMILES string of the molecule is N=C1/C(=N/c2c(OCCO)nn3ccccc23)C=C(OCCn2ccnc2)c2[nH]ccc21. The molecule has 5 rings (SSSR count). The average Bonchev–Trinajstić information content (AvgIpc) is 3.56. The summed E-state index contributed by atoms with van der Waals surface area (Å²) in [5.74, 6) is 0.899. The monoisotopic (exact) mass is 431 g/mol. The molecule has 1 aliphatic rings. The Morgan fingerprint density at radius 2 is 2.09 bits per heavy atom. The zero-order valence-corrected chi connectivity index (χ0v) is 17.1. The van der Waals surface area contributed by atoms with Crippen LogP contribution in [0.1, 0.15) is 11.3 Å². The molecule has 0 amide bonds. The maximum atomic E-state index is 9.16. The van der Waals surface area contributed by atoms with E-state index in [1.807, 2.05) is 35.0 Å². The number of pyridine rings is 1. The molecule has 1 aliphatic carbocycles. The largest absolute Gasteiger partial charge is 0.489 e. The summed E-state index contributed by atoms with van der Waals surface area (Å²) < 4.78 is 15.2. The molecular weight excluding hydrogens is 410 g/mol. The minimum absolute atomic E-state index is 0.0968. The first kappa shape index (κ1) is 19.8. The predicted octanol–water partition coefficient (Wildman–Crippen LogP) is 2.44. The number of aromatic nitrogens is 5. The van der Waals surface area contributed by atoms with Gasteiger partial charge in [0, 0.05) is 36.4 Å². The van der Waals surface area contributed by atoms with Gasteiger partial charge in [-0.1, -0.05) is 6.07 Å². The van der Waals surface area contributed by atoms with Crippen LogP contribution in [0, 0.1) is 5.41 Å². The molecule has 0 spiro atoms. The summed E-state index contributed by atoms with van der Waals surface area (Å²) in [7, 11) is 0. The van der Waals surface area contributed by atoms with Gasteiger partial charge < -0.3 is 24.1 Å². The van der Waals surface area contributed by atoms with Crippen molar-refractivity contribution in [3.8, 4) is 5.88 Å². The zero-order chi connectivity index (χ0) is 21.9. The molecule has 0 radical (unpaired) electrons. The molecule has 10 nitrogen and oxygen atoms in total. The first-order chi connectivity index (χ1) is 15.7. The van der Waals surface area contributed by atoms with Crippen LogP contribution in [0.15, 0.2) is 66.4 Å². The van der Waals surface area contributed by atoms with Gasteiger partial charge in [0.25, 0.3) is 5.88 Å². The third-order valence-corrected chi connectivity index (χ3v) is 5.00. The van der Waals surface area contributed by atoms with Gasteiger partial charge >= 0.3 is 0 Å². The zero-order valence-electron chi connectivity index (χ0n) is 17.1. The molecule has 0 aliphatic heterocycles. The van der Waals surface area contributed by atoms with Crippen molar-refractivity contribution in [1.29, 1.82) is 5.41 Å². The smallest absolute Gasteiger partial charge is 0.260 e. The lowest BCUT2D eigenvalue weighted by Gasteiger charge is -2.17. The Bertz CT molecular complexity index is 1310. The number of aliphatic hydroxyl groups is 1. The molecule has 4 aromatic rings. The van der Waals surface area contributed by atoms with Crippen molar-refractivity contribution in [2.24, 2.45) is 4.99 Å². The molecule has 4 aromatic heterocycles. The molecule has 10 heteroatoms. The number of aliphatic hydroxyl groups excluding tert-OH is 1. The minimum Gasteiger partial charge on any atom is -0.489 e. The summed E-state index contributed by atoms with van der Waals surface area (Å²) >= 11 is 0. The van der Waals surface area contributed by atoms with Crippen LogP contribution in [-0.2, 0) is 11.3 Å². The Hall–Kier alpha value is -4.18. The topological polar surface area (TPSA) is 126 Å². The number of rotatable bonds is 8. The summed E-state index contributed by atoms with van der Waals surface area (Å²) in [6.07, 6.45) is 10.7. The van der Waals surface area contributed by atoms with Gasteiger partial charge in [-0.3, -0.25) is 5.41 Å². The Morgan fingerprint density at radius 3 is 2.94 bits per heavy atom. The van der Waals surface area contributed by atoms with Crippen LogP contribution in [0.4, 0.5) is 5.69 Å². The van der Waals surface area contributed by atoms with Crippen molar-refractivity contribution in [3.05, 3.63) is 72.7 Å². The molecular formula is C22H21N7O3. The van der Waals surface area contributed by atoms with Crippen LogP contribution in [-0.4, -0.2) is 60.5 Å². The van der Waals surface area contributed by atoms with E-state index >= 15 is 0 Å². The standard InChI is InChI=1S/C22H21N7O3/c23-19-15-4-5-25-20(15)18(31-11-9-28-8-6-24-14-28)13-16(19)26-21-17-3-1-2-7-29(17)27-22(21)32-12-10-30/h1-8,13-14,23,25,30H,9-12H2/b23-19?,26-16+. The minimum atomic E-state index is -0.138. The number of allylic oxidation sites excluding steroid dienone is 1. The summed E-state index contributed by atoms with van der Waals surface area (Å²) in [6, 6.07) is 7.44. The Balaban J connectivity index is 1.51. The number of fused-ring (bicyclic) bond motifs is 2. The van der Waals surface area contributed by atoms with Crippen molar-refractivity contribution in [2.75, 3.05) is 19.8 Å². The molecule has 162 valence electrons. The maximum Gasteiger partial charge on any atom is 0.260 e. The normalized spacial score (nSPS) is 14.6. The quantitative estimate of drug-likeness (QED) is 0.395. The molecule has 32 heavy (non-hydrogen) atoms. The summed E-state index contributed by atoms with van der Waals surface area (Å²) in [6.45, 7) is 1.04. The Kier molecular flexibility index (Phi) is 5.26. The van der Waals surface area contributed by atoms with Crippen molar-refractivity contribution < 1.29 is 14.6 Å². The van der Waals surface area contributed by atoms with Crippen LogP contribution >= 0.6 is 0 Å². The van der Waals surface area contributed by atoms with E-state index in [2.05, 4.69) is 15.1 Å². The van der Waals surface area contributed by atoms with Gasteiger partial charge in [-0.25, -0.2) is 14.5 Å². The molecule has 0 atom stereocenters. The fraction of sp³-hybridized carbons (Fsp3) is 0.182.